The Bertz CT molecular complexity index is 976. The second-order valence-electron chi connectivity index (χ2n) is 8.32. The minimum Gasteiger partial charge on any atom is -0.310 e. The minimum absolute atomic E-state index is 0.0821. The van der Waals surface area contributed by atoms with Crippen LogP contribution in [0.3, 0.4) is 0 Å². The normalized spacial score (nSPS) is 11.6. The van der Waals surface area contributed by atoms with Crippen molar-refractivity contribution in [2.24, 2.45) is 0 Å². The summed E-state index contributed by atoms with van der Waals surface area (Å²) in [6.45, 7) is 13.3. The third-order valence-electron chi connectivity index (χ3n) is 5.04. The molecule has 0 aliphatic carbocycles. The molecule has 0 spiro atoms. The molecule has 3 aromatic carbocycles. The van der Waals surface area contributed by atoms with Gasteiger partial charge in [-0.05, 0) is 53.3 Å². The number of anilines is 2. The van der Waals surface area contributed by atoms with E-state index < -0.39 is 0 Å². The van der Waals surface area contributed by atoms with E-state index in [1.807, 2.05) is 6.07 Å². The molecule has 0 bridgehead atoms. The fourth-order valence-electron chi connectivity index (χ4n) is 3.41. The average Bonchev–Trinajstić information content (AvgIpc) is 2.73. The van der Waals surface area contributed by atoms with Crippen molar-refractivity contribution in [2.45, 2.75) is 39.5 Å². The lowest BCUT2D eigenvalue weighted by Crippen LogP contribution is -2.17. The van der Waals surface area contributed by atoms with Gasteiger partial charge in [0.1, 0.15) is 0 Å². The summed E-state index contributed by atoms with van der Waals surface area (Å²) in [5.74, 6) is 0. The molecule has 3 rings (SSSR count). The van der Waals surface area contributed by atoms with E-state index in [0.29, 0.717) is 0 Å². The summed E-state index contributed by atoms with van der Waals surface area (Å²) in [6, 6.07) is 27.9. The number of nitrogens with zero attached hydrogens (tertiary/aromatic N) is 1. The SMILES string of the molecule is C=C(/C=C\CC)N(c1ccccc1)c1ccc(C(C)(C)C)cc1-c1ccccc1. The van der Waals surface area contributed by atoms with Gasteiger partial charge in [-0.3, -0.25) is 0 Å². The minimum atomic E-state index is 0.0821. The van der Waals surface area contributed by atoms with Gasteiger partial charge in [0.2, 0.25) is 0 Å². The van der Waals surface area contributed by atoms with Crippen LogP contribution in [0.25, 0.3) is 11.1 Å². The van der Waals surface area contributed by atoms with E-state index in [1.54, 1.807) is 0 Å². The van der Waals surface area contributed by atoms with Gasteiger partial charge in [0.15, 0.2) is 0 Å². The molecule has 0 saturated heterocycles. The third kappa shape index (κ3) is 4.86. The van der Waals surface area contributed by atoms with Crippen molar-refractivity contribution in [1.82, 2.24) is 0 Å². The van der Waals surface area contributed by atoms with Crippen molar-refractivity contribution in [3.63, 3.8) is 0 Å². The molecular formula is C28H31N. The molecule has 0 aliphatic rings. The summed E-state index contributed by atoms with van der Waals surface area (Å²) in [6.07, 6.45) is 5.25. The lowest BCUT2D eigenvalue weighted by Gasteiger charge is -2.30. The maximum atomic E-state index is 4.39. The van der Waals surface area contributed by atoms with Crippen LogP contribution in [0.1, 0.15) is 39.7 Å². The van der Waals surface area contributed by atoms with Crippen molar-refractivity contribution < 1.29 is 0 Å². The van der Waals surface area contributed by atoms with E-state index in [2.05, 4.69) is 124 Å². The monoisotopic (exact) mass is 381 g/mol. The van der Waals surface area contributed by atoms with Crippen LogP contribution in [0.15, 0.2) is 103 Å². The van der Waals surface area contributed by atoms with Gasteiger partial charge in [0.05, 0.1) is 5.69 Å². The summed E-state index contributed by atoms with van der Waals surface area (Å²) >= 11 is 0. The van der Waals surface area contributed by atoms with Gasteiger partial charge < -0.3 is 4.90 Å². The molecule has 0 aliphatic heterocycles. The van der Waals surface area contributed by atoms with Gasteiger partial charge in [-0.15, -0.1) is 0 Å². The molecule has 0 saturated carbocycles. The molecule has 3 aromatic rings. The first-order valence-corrected chi connectivity index (χ1v) is 10.3. The van der Waals surface area contributed by atoms with Crippen molar-refractivity contribution in [1.29, 1.82) is 0 Å². The topological polar surface area (TPSA) is 3.24 Å². The summed E-state index contributed by atoms with van der Waals surface area (Å²) in [5, 5.41) is 0. The Kier molecular flexibility index (Phi) is 6.39. The van der Waals surface area contributed by atoms with E-state index in [0.717, 1.165) is 23.5 Å². The quantitative estimate of drug-likeness (QED) is 0.388. The number of allylic oxidation sites excluding steroid dienone is 2. The summed E-state index contributed by atoms with van der Waals surface area (Å²) < 4.78 is 0. The smallest absolute Gasteiger partial charge is 0.0539 e. The molecule has 29 heavy (non-hydrogen) atoms. The highest BCUT2D eigenvalue weighted by Gasteiger charge is 2.20. The molecule has 1 nitrogen and oxygen atoms in total. The van der Waals surface area contributed by atoms with Crippen LogP contribution in [0.5, 0.6) is 0 Å². The number of para-hydroxylation sites is 1. The predicted molar refractivity (Wildman–Crippen MR) is 128 cm³/mol. The fraction of sp³-hybridized carbons (Fsp3) is 0.214. The van der Waals surface area contributed by atoms with Crippen LogP contribution in [-0.4, -0.2) is 0 Å². The summed E-state index contributed by atoms with van der Waals surface area (Å²) in [4.78, 5) is 2.25. The van der Waals surface area contributed by atoms with Crippen molar-refractivity contribution in [2.75, 3.05) is 4.90 Å². The molecule has 0 aromatic heterocycles. The first-order valence-electron chi connectivity index (χ1n) is 10.3. The Hall–Kier alpha value is -3.06. The molecule has 148 valence electrons. The first-order chi connectivity index (χ1) is 13.9. The highest BCUT2D eigenvalue weighted by atomic mass is 15.1. The zero-order chi connectivity index (χ0) is 20.9. The molecule has 0 N–H and O–H groups in total. The van der Waals surface area contributed by atoms with Crippen LogP contribution in [0.4, 0.5) is 11.4 Å². The number of benzene rings is 3. The molecule has 0 unspecified atom stereocenters. The van der Waals surface area contributed by atoms with Gasteiger partial charge in [0.25, 0.3) is 0 Å². The van der Waals surface area contributed by atoms with Crippen LogP contribution in [0.2, 0.25) is 0 Å². The van der Waals surface area contributed by atoms with Crippen LogP contribution >= 0.6 is 0 Å². The molecule has 1 heteroatoms. The second-order valence-corrected chi connectivity index (χ2v) is 8.32. The largest absolute Gasteiger partial charge is 0.310 e. The lowest BCUT2D eigenvalue weighted by atomic mass is 9.84. The first kappa shape index (κ1) is 20.7. The standard InChI is InChI=1S/C28H31N/c1-6-7-14-22(2)29(25-17-12-9-13-18-25)27-20-19-24(28(3,4)5)21-26(27)23-15-10-8-11-16-23/h7-21H,2,6H2,1,3-5H3/b14-7-. The molecular weight excluding hydrogens is 350 g/mol. The Morgan fingerprint density at radius 2 is 1.52 bits per heavy atom. The van der Waals surface area contributed by atoms with E-state index in [-0.39, 0.29) is 5.41 Å². The van der Waals surface area contributed by atoms with E-state index in [4.69, 9.17) is 0 Å². The molecule has 0 radical (unpaired) electrons. The van der Waals surface area contributed by atoms with Crippen LogP contribution in [0, 0.1) is 0 Å². The van der Waals surface area contributed by atoms with Gasteiger partial charge in [0, 0.05) is 16.9 Å². The van der Waals surface area contributed by atoms with Gasteiger partial charge in [-0.1, -0.05) is 94.9 Å². The summed E-state index contributed by atoms with van der Waals surface area (Å²) in [5.41, 5.74) is 7.04. The maximum absolute atomic E-state index is 4.39. The van der Waals surface area contributed by atoms with Gasteiger partial charge >= 0.3 is 0 Å². The maximum Gasteiger partial charge on any atom is 0.0539 e. The van der Waals surface area contributed by atoms with E-state index in [9.17, 15) is 0 Å². The fourth-order valence-corrected chi connectivity index (χ4v) is 3.41. The van der Waals surface area contributed by atoms with E-state index in [1.165, 1.54) is 16.7 Å². The highest BCUT2D eigenvalue weighted by molar-refractivity contribution is 5.85. The van der Waals surface area contributed by atoms with Crippen molar-refractivity contribution >= 4 is 11.4 Å². The third-order valence-corrected chi connectivity index (χ3v) is 5.04. The summed E-state index contributed by atoms with van der Waals surface area (Å²) in [7, 11) is 0. The van der Waals surface area contributed by atoms with Crippen molar-refractivity contribution in [3.8, 4) is 11.1 Å². The lowest BCUT2D eigenvalue weighted by molar-refractivity contribution is 0.590. The van der Waals surface area contributed by atoms with Gasteiger partial charge in [-0.25, -0.2) is 0 Å². The van der Waals surface area contributed by atoms with Crippen LogP contribution < -0.4 is 4.90 Å². The zero-order valence-corrected chi connectivity index (χ0v) is 18.0. The molecule has 0 amide bonds. The highest BCUT2D eigenvalue weighted by Crippen LogP contribution is 2.40. The Morgan fingerprint density at radius 1 is 0.897 bits per heavy atom. The number of hydrogen-bond donors (Lipinski definition) is 0. The van der Waals surface area contributed by atoms with Crippen LogP contribution in [-0.2, 0) is 5.41 Å². The van der Waals surface area contributed by atoms with Gasteiger partial charge in [-0.2, -0.15) is 0 Å². The van der Waals surface area contributed by atoms with Crippen molar-refractivity contribution in [3.05, 3.63) is 109 Å². The Labute approximate surface area is 176 Å². The predicted octanol–water partition coefficient (Wildman–Crippen LogP) is 8.27. The van der Waals surface area contributed by atoms with E-state index >= 15 is 0 Å². The molecule has 0 fully saturated rings. The number of rotatable bonds is 6. The molecule has 0 heterocycles. The Morgan fingerprint density at radius 3 is 2.10 bits per heavy atom. The molecule has 0 atom stereocenters. The number of hydrogen-bond acceptors (Lipinski definition) is 1. The zero-order valence-electron chi connectivity index (χ0n) is 18.0. The Balaban J connectivity index is 2.24. The second kappa shape index (κ2) is 8.96. The average molecular weight is 382 g/mol.